The van der Waals surface area contributed by atoms with Crippen LogP contribution in [-0.4, -0.2) is 43.3 Å². The van der Waals surface area contributed by atoms with Gasteiger partial charge in [0.25, 0.3) is 0 Å². The smallest absolute Gasteiger partial charge is 0.407 e. The number of hydrogen-bond acceptors (Lipinski definition) is 3. The first-order chi connectivity index (χ1) is 6.79. The molecule has 3 unspecified atom stereocenters. The van der Waals surface area contributed by atoms with E-state index in [-0.39, 0.29) is 12.2 Å². The molecular weight excluding hydrogens is 180 g/mol. The minimum atomic E-state index is -0.316. The van der Waals surface area contributed by atoms with E-state index >= 15 is 0 Å². The van der Waals surface area contributed by atoms with Gasteiger partial charge in [0.2, 0.25) is 0 Å². The highest BCUT2D eigenvalue weighted by Gasteiger charge is 2.40. The third-order valence-corrected chi connectivity index (χ3v) is 2.92. The minimum Gasteiger partial charge on any atom is -0.445 e. The van der Waals surface area contributed by atoms with Crippen molar-refractivity contribution in [1.29, 1.82) is 0 Å². The van der Waals surface area contributed by atoms with Gasteiger partial charge < -0.3 is 10.1 Å². The van der Waals surface area contributed by atoms with Gasteiger partial charge in [0, 0.05) is 25.6 Å². The van der Waals surface area contributed by atoms with Crippen LogP contribution in [0, 0.1) is 5.92 Å². The Morgan fingerprint density at radius 1 is 1.64 bits per heavy atom. The van der Waals surface area contributed by atoms with E-state index in [2.05, 4.69) is 16.8 Å². The first-order valence-electron chi connectivity index (χ1n) is 5.07. The normalized spacial score (nSPS) is 34.1. The van der Waals surface area contributed by atoms with Crippen LogP contribution in [0.3, 0.4) is 0 Å². The summed E-state index contributed by atoms with van der Waals surface area (Å²) in [6, 6.07) is 0. The zero-order valence-electron chi connectivity index (χ0n) is 8.24. The zero-order chi connectivity index (χ0) is 9.97. The Balaban J connectivity index is 1.75. The standard InChI is InChI=1S/C10H16N2O2/c1-2-4-11-10(13)14-9-7-12-5-3-8(9)6-12/h2,8-9H,1,3-7H2,(H,11,13). The highest BCUT2D eigenvalue weighted by molar-refractivity contribution is 5.67. The average molecular weight is 196 g/mol. The van der Waals surface area contributed by atoms with Crippen LogP contribution < -0.4 is 5.32 Å². The monoisotopic (exact) mass is 196 g/mol. The first kappa shape index (κ1) is 9.52. The molecule has 78 valence electrons. The van der Waals surface area contributed by atoms with E-state index in [9.17, 15) is 4.79 Å². The predicted molar refractivity (Wildman–Crippen MR) is 53.0 cm³/mol. The second-order valence-electron chi connectivity index (χ2n) is 3.92. The number of carbonyl (C=O) groups is 1. The van der Waals surface area contributed by atoms with Crippen molar-refractivity contribution in [3.05, 3.63) is 12.7 Å². The second kappa shape index (κ2) is 4.00. The van der Waals surface area contributed by atoms with Crippen LogP contribution in [0.4, 0.5) is 4.79 Å². The number of nitrogens with zero attached hydrogens (tertiary/aromatic N) is 1. The van der Waals surface area contributed by atoms with Crippen LogP contribution >= 0.6 is 0 Å². The zero-order valence-corrected chi connectivity index (χ0v) is 8.24. The average Bonchev–Trinajstić information content (AvgIpc) is 2.76. The molecule has 2 aliphatic rings. The van der Waals surface area contributed by atoms with Crippen molar-refractivity contribution < 1.29 is 9.53 Å². The molecular formula is C10H16N2O2. The molecule has 2 heterocycles. The highest BCUT2D eigenvalue weighted by Crippen LogP contribution is 2.29. The van der Waals surface area contributed by atoms with Crippen LogP contribution in [0.5, 0.6) is 0 Å². The second-order valence-corrected chi connectivity index (χ2v) is 3.92. The molecule has 14 heavy (non-hydrogen) atoms. The van der Waals surface area contributed by atoms with E-state index in [1.165, 1.54) is 13.0 Å². The molecule has 0 aromatic carbocycles. The van der Waals surface area contributed by atoms with E-state index in [0.29, 0.717) is 12.5 Å². The summed E-state index contributed by atoms with van der Waals surface area (Å²) in [5.74, 6) is 0.560. The molecule has 0 saturated carbocycles. The van der Waals surface area contributed by atoms with Crippen LogP contribution in [0.25, 0.3) is 0 Å². The van der Waals surface area contributed by atoms with Crippen LogP contribution in [0.1, 0.15) is 6.42 Å². The van der Waals surface area contributed by atoms with E-state index in [4.69, 9.17) is 4.74 Å². The largest absolute Gasteiger partial charge is 0.445 e. The van der Waals surface area contributed by atoms with Gasteiger partial charge in [-0.2, -0.15) is 0 Å². The molecule has 0 aromatic heterocycles. The summed E-state index contributed by atoms with van der Waals surface area (Å²) in [6.45, 7) is 7.17. The summed E-state index contributed by atoms with van der Waals surface area (Å²) in [5, 5.41) is 2.62. The number of nitrogens with one attached hydrogen (secondary N) is 1. The maximum absolute atomic E-state index is 11.2. The Kier molecular flexibility index (Phi) is 2.72. The van der Waals surface area contributed by atoms with Crippen LogP contribution in [0.2, 0.25) is 0 Å². The lowest BCUT2D eigenvalue weighted by Crippen LogP contribution is -2.36. The lowest BCUT2D eigenvalue weighted by molar-refractivity contribution is 0.0695. The summed E-state index contributed by atoms with van der Waals surface area (Å²) in [5.41, 5.74) is 0. The Morgan fingerprint density at radius 2 is 2.50 bits per heavy atom. The maximum Gasteiger partial charge on any atom is 0.407 e. The molecule has 0 radical (unpaired) electrons. The van der Waals surface area contributed by atoms with E-state index in [0.717, 1.165) is 13.1 Å². The highest BCUT2D eigenvalue weighted by atomic mass is 16.6. The fraction of sp³-hybridized carbons (Fsp3) is 0.700. The van der Waals surface area contributed by atoms with Crippen molar-refractivity contribution >= 4 is 6.09 Å². The van der Waals surface area contributed by atoms with Gasteiger partial charge in [-0.1, -0.05) is 6.08 Å². The molecule has 0 aliphatic carbocycles. The molecule has 3 atom stereocenters. The molecule has 2 aliphatic heterocycles. The predicted octanol–water partition coefficient (Wildman–Crippen LogP) is 0.603. The van der Waals surface area contributed by atoms with Gasteiger partial charge in [0.15, 0.2) is 0 Å². The van der Waals surface area contributed by atoms with Gasteiger partial charge in [0.05, 0.1) is 0 Å². The van der Waals surface area contributed by atoms with Gasteiger partial charge in [-0.3, -0.25) is 4.90 Å². The SMILES string of the molecule is C=CCNC(=O)OC1CN2CCC1C2. The minimum absolute atomic E-state index is 0.105. The Bertz CT molecular complexity index is 242. The number of amides is 1. The van der Waals surface area contributed by atoms with Crippen molar-refractivity contribution in [2.24, 2.45) is 5.92 Å². The number of fused-ring (bicyclic) bond motifs is 2. The fourth-order valence-electron chi connectivity index (χ4n) is 2.20. The summed E-state index contributed by atoms with van der Waals surface area (Å²) in [7, 11) is 0. The molecule has 2 bridgehead atoms. The van der Waals surface area contributed by atoms with Crippen LogP contribution in [-0.2, 0) is 4.74 Å². The summed E-state index contributed by atoms with van der Waals surface area (Å²) in [4.78, 5) is 13.6. The van der Waals surface area contributed by atoms with Crippen molar-refractivity contribution in [2.75, 3.05) is 26.2 Å². The molecule has 2 rings (SSSR count). The van der Waals surface area contributed by atoms with Crippen LogP contribution in [0.15, 0.2) is 12.7 Å². The molecule has 0 spiro atoms. The van der Waals surface area contributed by atoms with Gasteiger partial charge in [0.1, 0.15) is 6.10 Å². The molecule has 4 heteroatoms. The fourth-order valence-corrected chi connectivity index (χ4v) is 2.20. The number of ether oxygens (including phenoxy) is 1. The lowest BCUT2D eigenvalue weighted by Gasteiger charge is -2.22. The summed E-state index contributed by atoms with van der Waals surface area (Å²) < 4.78 is 5.31. The lowest BCUT2D eigenvalue weighted by atomic mass is 10.0. The molecule has 1 N–H and O–H groups in total. The van der Waals surface area contributed by atoms with Gasteiger partial charge in [-0.25, -0.2) is 4.79 Å². The van der Waals surface area contributed by atoms with Gasteiger partial charge in [-0.15, -0.1) is 6.58 Å². The number of hydrogen-bond donors (Lipinski definition) is 1. The van der Waals surface area contributed by atoms with Crippen molar-refractivity contribution in [1.82, 2.24) is 10.2 Å². The third-order valence-electron chi connectivity index (χ3n) is 2.92. The number of carbonyl (C=O) groups excluding carboxylic acids is 1. The Morgan fingerprint density at radius 3 is 3.07 bits per heavy atom. The number of rotatable bonds is 3. The maximum atomic E-state index is 11.2. The van der Waals surface area contributed by atoms with Gasteiger partial charge in [-0.05, 0) is 13.0 Å². The quantitative estimate of drug-likeness (QED) is 0.672. The third kappa shape index (κ3) is 1.90. The summed E-state index contributed by atoms with van der Waals surface area (Å²) >= 11 is 0. The topological polar surface area (TPSA) is 41.6 Å². The molecule has 2 fully saturated rings. The van der Waals surface area contributed by atoms with E-state index in [1.807, 2.05) is 0 Å². The van der Waals surface area contributed by atoms with Gasteiger partial charge >= 0.3 is 6.09 Å². The first-order valence-corrected chi connectivity index (χ1v) is 5.07. The van der Waals surface area contributed by atoms with E-state index < -0.39 is 0 Å². The molecule has 2 saturated heterocycles. The van der Waals surface area contributed by atoms with Crippen molar-refractivity contribution in [2.45, 2.75) is 12.5 Å². The molecule has 0 aromatic rings. The van der Waals surface area contributed by atoms with E-state index in [1.54, 1.807) is 6.08 Å². The van der Waals surface area contributed by atoms with Crippen molar-refractivity contribution in [3.8, 4) is 0 Å². The molecule has 1 amide bonds. The number of alkyl carbamates (subject to hydrolysis) is 1. The Hall–Kier alpha value is -1.03. The Labute approximate surface area is 83.9 Å². The van der Waals surface area contributed by atoms with Crippen molar-refractivity contribution in [3.63, 3.8) is 0 Å². The summed E-state index contributed by atoms with van der Waals surface area (Å²) in [6.07, 6.45) is 2.60. The molecule has 4 nitrogen and oxygen atoms in total. The number of piperidine rings is 1.